The molecule has 0 aliphatic rings. The Labute approximate surface area is 105 Å². The van der Waals surface area contributed by atoms with E-state index in [0.717, 1.165) is 5.56 Å². The molecule has 0 spiro atoms. The van der Waals surface area contributed by atoms with Crippen molar-refractivity contribution in [2.75, 3.05) is 5.32 Å². The number of Topliss-reactive ketones (excluding diaryl/α,β-unsaturated/α-hetero) is 1. The fourth-order valence-corrected chi connectivity index (χ4v) is 1.65. The second-order valence-corrected chi connectivity index (χ2v) is 4.08. The molecule has 0 aliphatic carbocycles. The van der Waals surface area contributed by atoms with E-state index in [9.17, 15) is 9.59 Å². The van der Waals surface area contributed by atoms with Gasteiger partial charge in [-0.2, -0.15) is 0 Å². The second kappa shape index (κ2) is 5.31. The first-order chi connectivity index (χ1) is 8.65. The molecule has 0 saturated carbocycles. The molecular formula is C14H14N2O2. The van der Waals surface area contributed by atoms with Crippen molar-refractivity contribution in [1.29, 1.82) is 0 Å². The Morgan fingerprint density at radius 3 is 2.44 bits per heavy atom. The zero-order chi connectivity index (χ0) is 13.0. The molecule has 92 valence electrons. The normalized spacial score (nSPS) is 10.1. The first-order valence-electron chi connectivity index (χ1n) is 5.67. The predicted molar refractivity (Wildman–Crippen MR) is 69.6 cm³/mol. The van der Waals surface area contributed by atoms with Gasteiger partial charge in [0.2, 0.25) is 5.91 Å². The van der Waals surface area contributed by atoms with E-state index in [-0.39, 0.29) is 11.7 Å². The molecule has 1 amide bonds. The van der Waals surface area contributed by atoms with Crippen LogP contribution in [0.25, 0.3) is 0 Å². The van der Waals surface area contributed by atoms with E-state index in [4.69, 9.17) is 0 Å². The Hall–Kier alpha value is -2.36. The molecule has 4 heteroatoms. The number of ketones is 1. The highest BCUT2D eigenvalue weighted by Crippen LogP contribution is 2.10. The summed E-state index contributed by atoms with van der Waals surface area (Å²) in [6, 6.07) is 8.72. The first kappa shape index (κ1) is 12.1. The fraction of sp³-hybridized carbons (Fsp3) is 0.143. The van der Waals surface area contributed by atoms with Crippen LogP contribution in [-0.2, 0) is 11.2 Å². The molecule has 0 fully saturated rings. The highest BCUT2D eigenvalue weighted by molar-refractivity contribution is 5.96. The lowest BCUT2D eigenvalue weighted by Gasteiger charge is -2.04. The van der Waals surface area contributed by atoms with E-state index in [0.29, 0.717) is 17.7 Å². The molecule has 0 atom stereocenters. The van der Waals surface area contributed by atoms with Crippen LogP contribution in [0.2, 0.25) is 0 Å². The van der Waals surface area contributed by atoms with Crippen molar-refractivity contribution in [2.45, 2.75) is 13.3 Å². The highest BCUT2D eigenvalue weighted by atomic mass is 16.1. The molecule has 1 aromatic heterocycles. The first-order valence-corrected chi connectivity index (χ1v) is 5.67. The molecule has 0 bridgehead atoms. The van der Waals surface area contributed by atoms with E-state index in [2.05, 4.69) is 10.3 Å². The van der Waals surface area contributed by atoms with Gasteiger partial charge in [-0.1, -0.05) is 0 Å². The van der Waals surface area contributed by atoms with Gasteiger partial charge in [0.1, 0.15) is 0 Å². The lowest BCUT2D eigenvalue weighted by molar-refractivity contribution is -0.115. The molecule has 1 aromatic carbocycles. The number of hydrogen-bond donors (Lipinski definition) is 2. The summed E-state index contributed by atoms with van der Waals surface area (Å²) >= 11 is 0. The Morgan fingerprint density at radius 2 is 1.89 bits per heavy atom. The summed E-state index contributed by atoms with van der Waals surface area (Å²) < 4.78 is 0. The van der Waals surface area contributed by atoms with E-state index < -0.39 is 0 Å². The molecule has 2 rings (SSSR count). The van der Waals surface area contributed by atoms with Gasteiger partial charge in [-0.3, -0.25) is 9.59 Å². The topological polar surface area (TPSA) is 62.0 Å². The van der Waals surface area contributed by atoms with Gasteiger partial charge in [-0.05, 0) is 42.8 Å². The van der Waals surface area contributed by atoms with Crippen molar-refractivity contribution in [3.63, 3.8) is 0 Å². The second-order valence-electron chi connectivity index (χ2n) is 4.08. The maximum Gasteiger partial charge on any atom is 0.228 e. The zero-order valence-electron chi connectivity index (χ0n) is 10.1. The number of nitrogens with one attached hydrogen (secondary N) is 2. The minimum atomic E-state index is -0.0785. The van der Waals surface area contributed by atoms with Gasteiger partial charge in [0.15, 0.2) is 5.78 Å². The van der Waals surface area contributed by atoms with Crippen LogP contribution in [0.1, 0.15) is 22.8 Å². The smallest absolute Gasteiger partial charge is 0.228 e. The number of rotatable bonds is 4. The number of hydrogen-bond acceptors (Lipinski definition) is 2. The summed E-state index contributed by atoms with van der Waals surface area (Å²) in [7, 11) is 0. The van der Waals surface area contributed by atoms with Crippen LogP contribution in [0.5, 0.6) is 0 Å². The molecule has 0 unspecified atom stereocenters. The molecule has 0 aliphatic heterocycles. The van der Waals surface area contributed by atoms with Gasteiger partial charge in [0, 0.05) is 23.6 Å². The van der Waals surface area contributed by atoms with Gasteiger partial charge >= 0.3 is 0 Å². The summed E-state index contributed by atoms with van der Waals surface area (Å²) in [6.45, 7) is 1.51. The SMILES string of the molecule is CC(=O)c1ccc(NC(=O)Cc2cc[nH]c2)cc1. The lowest BCUT2D eigenvalue weighted by Crippen LogP contribution is -2.14. The molecule has 1 heterocycles. The number of anilines is 1. The maximum atomic E-state index is 11.7. The third kappa shape index (κ3) is 3.07. The summed E-state index contributed by atoms with van der Waals surface area (Å²) in [4.78, 5) is 25.7. The highest BCUT2D eigenvalue weighted by Gasteiger charge is 2.05. The molecule has 2 N–H and O–H groups in total. The van der Waals surface area contributed by atoms with Crippen LogP contribution in [0.3, 0.4) is 0 Å². The molecule has 4 nitrogen and oxygen atoms in total. The lowest BCUT2D eigenvalue weighted by atomic mass is 10.1. The third-order valence-corrected chi connectivity index (χ3v) is 2.60. The molecule has 2 aromatic rings. The van der Waals surface area contributed by atoms with E-state index in [1.54, 1.807) is 36.7 Å². The Bertz CT molecular complexity index is 542. The van der Waals surface area contributed by atoms with Crippen LogP contribution in [0, 0.1) is 0 Å². The molecule has 0 saturated heterocycles. The van der Waals surface area contributed by atoms with Crippen LogP contribution < -0.4 is 5.32 Å². The summed E-state index contributed by atoms with van der Waals surface area (Å²) in [5.41, 5.74) is 2.27. The van der Waals surface area contributed by atoms with Crippen molar-refractivity contribution in [1.82, 2.24) is 4.98 Å². The monoisotopic (exact) mass is 242 g/mol. The van der Waals surface area contributed by atoms with Gasteiger partial charge in [0.05, 0.1) is 6.42 Å². The number of aromatic amines is 1. The van der Waals surface area contributed by atoms with Crippen molar-refractivity contribution >= 4 is 17.4 Å². The van der Waals surface area contributed by atoms with Crippen LogP contribution in [0.15, 0.2) is 42.7 Å². The van der Waals surface area contributed by atoms with Gasteiger partial charge in [-0.15, -0.1) is 0 Å². The van der Waals surface area contributed by atoms with Gasteiger partial charge in [0.25, 0.3) is 0 Å². The quantitative estimate of drug-likeness (QED) is 0.809. The summed E-state index contributed by atoms with van der Waals surface area (Å²) in [5.74, 6) is -0.0645. The minimum Gasteiger partial charge on any atom is -0.367 e. The predicted octanol–water partition coefficient (Wildman–Crippen LogP) is 2.40. The number of benzene rings is 1. The largest absolute Gasteiger partial charge is 0.367 e. The third-order valence-electron chi connectivity index (χ3n) is 2.60. The van der Waals surface area contributed by atoms with Crippen molar-refractivity contribution < 1.29 is 9.59 Å². The van der Waals surface area contributed by atoms with E-state index in [1.165, 1.54) is 6.92 Å². The molecule has 0 radical (unpaired) electrons. The average molecular weight is 242 g/mol. The molecular weight excluding hydrogens is 228 g/mol. The van der Waals surface area contributed by atoms with Crippen LogP contribution in [0.4, 0.5) is 5.69 Å². The Morgan fingerprint density at radius 1 is 1.17 bits per heavy atom. The van der Waals surface area contributed by atoms with Gasteiger partial charge in [-0.25, -0.2) is 0 Å². The fourth-order valence-electron chi connectivity index (χ4n) is 1.65. The number of carbonyl (C=O) groups is 2. The standard InChI is InChI=1S/C14H14N2O2/c1-10(17)12-2-4-13(5-3-12)16-14(18)8-11-6-7-15-9-11/h2-7,9,15H,8H2,1H3,(H,16,18). The maximum absolute atomic E-state index is 11.7. The Balaban J connectivity index is 1.97. The summed E-state index contributed by atoms with van der Waals surface area (Å²) in [6.07, 6.45) is 3.90. The van der Waals surface area contributed by atoms with Crippen LogP contribution in [-0.4, -0.2) is 16.7 Å². The molecule has 18 heavy (non-hydrogen) atoms. The number of amides is 1. The van der Waals surface area contributed by atoms with Gasteiger partial charge < -0.3 is 10.3 Å². The minimum absolute atomic E-state index is 0.0141. The summed E-state index contributed by atoms with van der Waals surface area (Å²) in [5, 5.41) is 2.78. The van der Waals surface area contributed by atoms with Crippen molar-refractivity contribution in [3.8, 4) is 0 Å². The van der Waals surface area contributed by atoms with Crippen molar-refractivity contribution in [2.24, 2.45) is 0 Å². The number of aromatic nitrogens is 1. The number of H-pyrrole nitrogens is 1. The van der Waals surface area contributed by atoms with E-state index >= 15 is 0 Å². The number of carbonyl (C=O) groups excluding carboxylic acids is 2. The van der Waals surface area contributed by atoms with Crippen LogP contribution >= 0.6 is 0 Å². The van der Waals surface area contributed by atoms with Crippen molar-refractivity contribution in [3.05, 3.63) is 53.9 Å². The zero-order valence-corrected chi connectivity index (χ0v) is 10.1. The Kier molecular flexibility index (Phi) is 3.57. The van der Waals surface area contributed by atoms with E-state index in [1.807, 2.05) is 6.07 Å². The average Bonchev–Trinajstić information content (AvgIpc) is 2.82.